The molecule has 0 saturated carbocycles. The first-order chi connectivity index (χ1) is 8.42. The number of sulfonamides is 1. The SMILES string of the molecule is Cc1cc(CC2=NCCN2)cc(NS(C)(=O)=O)c1. The van der Waals surface area contributed by atoms with Gasteiger partial charge in [0.05, 0.1) is 12.8 Å². The summed E-state index contributed by atoms with van der Waals surface area (Å²) in [6, 6.07) is 5.70. The molecule has 2 N–H and O–H groups in total. The fourth-order valence-electron chi connectivity index (χ4n) is 2.00. The second-order valence-corrected chi connectivity index (χ2v) is 6.26. The molecule has 1 aromatic rings. The van der Waals surface area contributed by atoms with Crippen molar-refractivity contribution < 1.29 is 8.42 Å². The van der Waals surface area contributed by atoms with Gasteiger partial charge in [0.25, 0.3) is 0 Å². The van der Waals surface area contributed by atoms with Crippen LogP contribution in [0.3, 0.4) is 0 Å². The van der Waals surface area contributed by atoms with Crippen LogP contribution in [-0.2, 0) is 16.4 Å². The van der Waals surface area contributed by atoms with Crippen LogP contribution < -0.4 is 10.0 Å². The van der Waals surface area contributed by atoms with Crippen molar-refractivity contribution in [3.05, 3.63) is 29.3 Å². The normalized spacial score (nSPS) is 15.1. The van der Waals surface area contributed by atoms with Crippen LogP contribution in [0.5, 0.6) is 0 Å². The Kier molecular flexibility index (Phi) is 3.56. The van der Waals surface area contributed by atoms with Crippen LogP contribution in [-0.4, -0.2) is 33.6 Å². The number of rotatable bonds is 4. The van der Waals surface area contributed by atoms with E-state index in [1.165, 1.54) is 0 Å². The Morgan fingerprint density at radius 1 is 1.39 bits per heavy atom. The third-order valence-corrected chi connectivity index (χ3v) is 3.16. The summed E-state index contributed by atoms with van der Waals surface area (Å²) in [6.45, 7) is 3.64. The van der Waals surface area contributed by atoms with Crippen LogP contribution in [0.25, 0.3) is 0 Å². The van der Waals surface area contributed by atoms with Crippen molar-refractivity contribution in [3.8, 4) is 0 Å². The molecule has 0 atom stereocenters. The zero-order chi connectivity index (χ0) is 13.2. The maximum Gasteiger partial charge on any atom is 0.229 e. The molecule has 0 bridgehead atoms. The highest BCUT2D eigenvalue weighted by Crippen LogP contribution is 2.16. The summed E-state index contributed by atoms with van der Waals surface area (Å²) in [5.74, 6) is 0.964. The Morgan fingerprint density at radius 3 is 2.78 bits per heavy atom. The number of hydrogen-bond donors (Lipinski definition) is 2. The Labute approximate surface area is 107 Å². The fraction of sp³-hybridized carbons (Fsp3) is 0.417. The molecule has 1 aromatic carbocycles. The van der Waals surface area contributed by atoms with E-state index in [1.807, 2.05) is 25.1 Å². The molecule has 0 amide bonds. The van der Waals surface area contributed by atoms with Crippen molar-refractivity contribution in [1.29, 1.82) is 0 Å². The third kappa shape index (κ3) is 3.73. The van der Waals surface area contributed by atoms with Gasteiger partial charge in [-0.15, -0.1) is 0 Å². The van der Waals surface area contributed by atoms with E-state index in [9.17, 15) is 8.42 Å². The van der Waals surface area contributed by atoms with Gasteiger partial charge < -0.3 is 5.32 Å². The van der Waals surface area contributed by atoms with Crippen molar-refractivity contribution in [2.45, 2.75) is 13.3 Å². The van der Waals surface area contributed by atoms with Gasteiger partial charge in [0.1, 0.15) is 5.84 Å². The maximum absolute atomic E-state index is 11.2. The van der Waals surface area contributed by atoms with E-state index in [0.29, 0.717) is 12.1 Å². The minimum absolute atomic E-state index is 0.603. The summed E-state index contributed by atoms with van der Waals surface area (Å²) in [4.78, 5) is 4.33. The summed E-state index contributed by atoms with van der Waals surface area (Å²) < 4.78 is 24.9. The molecule has 0 unspecified atom stereocenters. The highest BCUT2D eigenvalue weighted by molar-refractivity contribution is 7.92. The second kappa shape index (κ2) is 4.97. The molecule has 6 heteroatoms. The van der Waals surface area contributed by atoms with Gasteiger partial charge in [0.15, 0.2) is 0 Å². The predicted octanol–water partition coefficient (Wildman–Crippen LogP) is 0.911. The zero-order valence-electron chi connectivity index (χ0n) is 10.5. The number of nitrogens with one attached hydrogen (secondary N) is 2. The Hall–Kier alpha value is -1.56. The average molecular weight is 267 g/mol. The summed E-state index contributed by atoms with van der Waals surface area (Å²) in [6.07, 6.45) is 1.86. The van der Waals surface area contributed by atoms with Crippen molar-refractivity contribution in [2.75, 3.05) is 24.1 Å². The lowest BCUT2D eigenvalue weighted by molar-refractivity contribution is 0.607. The van der Waals surface area contributed by atoms with E-state index < -0.39 is 10.0 Å². The van der Waals surface area contributed by atoms with Crippen molar-refractivity contribution in [3.63, 3.8) is 0 Å². The largest absolute Gasteiger partial charge is 0.372 e. The topological polar surface area (TPSA) is 70.6 Å². The third-order valence-electron chi connectivity index (χ3n) is 2.56. The minimum atomic E-state index is -3.23. The molecule has 2 rings (SSSR count). The van der Waals surface area contributed by atoms with E-state index in [0.717, 1.165) is 36.3 Å². The summed E-state index contributed by atoms with van der Waals surface area (Å²) >= 11 is 0. The lowest BCUT2D eigenvalue weighted by atomic mass is 10.1. The molecule has 0 fully saturated rings. The second-order valence-electron chi connectivity index (χ2n) is 4.51. The van der Waals surface area contributed by atoms with Gasteiger partial charge >= 0.3 is 0 Å². The van der Waals surface area contributed by atoms with E-state index in [2.05, 4.69) is 15.0 Å². The molecule has 5 nitrogen and oxygen atoms in total. The highest BCUT2D eigenvalue weighted by atomic mass is 32.2. The number of aryl methyl sites for hydroxylation is 1. The number of nitrogens with zero attached hydrogens (tertiary/aromatic N) is 1. The summed E-state index contributed by atoms with van der Waals surface area (Å²) in [7, 11) is -3.23. The fourth-order valence-corrected chi connectivity index (χ4v) is 2.54. The molecule has 18 heavy (non-hydrogen) atoms. The smallest absolute Gasteiger partial charge is 0.229 e. The van der Waals surface area contributed by atoms with Crippen LogP contribution in [0.4, 0.5) is 5.69 Å². The van der Waals surface area contributed by atoms with E-state index in [1.54, 1.807) is 0 Å². The first kappa shape index (κ1) is 12.9. The van der Waals surface area contributed by atoms with Crippen LogP contribution in [0.2, 0.25) is 0 Å². The van der Waals surface area contributed by atoms with Crippen molar-refractivity contribution in [2.24, 2.45) is 4.99 Å². The molecule has 0 aromatic heterocycles. The molecule has 0 radical (unpaired) electrons. The van der Waals surface area contributed by atoms with E-state index >= 15 is 0 Å². The van der Waals surface area contributed by atoms with Gasteiger partial charge in [-0.25, -0.2) is 8.42 Å². The lowest BCUT2D eigenvalue weighted by Gasteiger charge is -2.09. The molecule has 1 aliphatic rings. The number of benzene rings is 1. The predicted molar refractivity (Wildman–Crippen MR) is 73.7 cm³/mol. The van der Waals surface area contributed by atoms with Crippen molar-refractivity contribution in [1.82, 2.24) is 5.32 Å². The van der Waals surface area contributed by atoms with Crippen LogP contribution in [0.1, 0.15) is 11.1 Å². The maximum atomic E-state index is 11.2. The highest BCUT2D eigenvalue weighted by Gasteiger charge is 2.08. The molecule has 0 saturated heterocycles. The van der Waals surface area contributed by atoms with E-state index in [-0.39, 0.29) is 0 Å². The number of hydrogen-bond acceptors (Lipinski definition) is 4. The molecular weight excluding hydrogens is 250 g/mol. The molecule has 98 valence electrons. The summed E-state index contributed by atoms with van der Waals surface area (Å²) in [5, 5.41) is 3.20. The molecular formula is C12H17N3O2S. The van der Waals surface area contributed by atoms with Crippen LogP contribution in [0, 0.1) is 6.92 Å². The molecule has 0 aliphatic carbocycles. The van der Waals surface area contributed by atoms with Crippen LogP contribution >= 0.6 is 0 Å². The zero-order valence-corrected chi connectivity index (χ0v) is 11.3. The molecule has 1 aliphatic heterocycles. The van der Waals surface area contributed by atoms with Gasteiger partial charge in [-0.2, -0.15) is 0 Å². The quantitative estimate of drug-likeness (QED) is 0.852. The van der Waals surface area contributed by atoms with Gasteiger partial charge in [-0.05, 0) is 30.2 Å². The number of aliphatic imine (C=N–C) groups is 1. The minimum Gasteiger partial charge on any atom is -0.372 e. The monoisotopic (exact) mass is 267 g/mol. The Balaban J connectivity index is 2.20. The number of anilines is 1. The Bertz CT molecular complexity index is 579. The average Bonchev–Trinajstić information content (AvgIpc) is 2.66. The van der Waals surface area contributed by atoms with Crippen LogP contribution in [0.15, 0.2) is 23.2 Å². The van der Waals surface area contributed by atoms with E-state index in [4.69, 9.17) is 0 Å². The first-order valence-corrected chi connectivity index (χ1v) is 7.67. The molecule has 1 heterocycles. The summed E-state index contributed by atoms with van der Waals surface area (Å²) in [5.41, 5.74) is 2.68. The van der Waals surface area contributed by atoms with Gasteiger partial charge in [0, 0.05) is 18.7 Å². The first-order valence-electron chi connectivity index (χ1n) is 5.78. The van der Waals surface area contributed by atoms with Gasteiger partial charge in [0.2, 0.25) is 10.0 Å². The number of amidine groups is 1. The Morgan fingerprint density at radius 2 is 2.17 bits per heavy atom. The standard InChI is InChI=1S/C12H17N3O2S/c1-9-5-10(8-12-13-3-4-14-12)7-11(6-9)15-18(2,16)17/h5-7,15H,3-4,8H2,1-2H3,(H,13,14). The lowest BCUT2D eigenvalue weighted by Crippen LogP contribution is -2.20. The van der Waals surface area contributed by atoms with Gasteiger partial charge in [-0.3, -0.25) is 9.71 Å². The van der Waals surface area contributed by atoms with Crippen molar-refractivity contribution >= 4 is 21.5 Å². The van der Waals surface area contributed by atoms with Gasteiger partial charge in [-0.1, -0.05) is 6.07 Å². The molecule has 0 spiro atoms.